The topological polar surface area (TPSA) is 67.2 Å². The lowest BCUT2D eigenvalue weighted by Gasteiger charge is -2.10. The van der Waals surface area contributed by atoms with Crippen molar-refractivity contribution in [3.05, 3.63) is 17.0 Å². The average molecular weight is 223 g/mol. The van der Waals surface area contributed by atoms with Gasteiger partial charge in [-0.15, -0.1) is 0 Å². The fourth-order valence-corrected chi connectivity index (χ4v) is 1.78. The average Bonchev–Trinajstić information content (AvgIpc) is 2.73. The standard InChI is InChI=1S/C11H17N3O2/c1-2-3-5-13-11(15)10-8-7-12-6-4-9(8)16-14-10/h12H,2-7H2,1H3,(H,13,15). The Morgan fingerprint density at radius 2 is 2.50 bits per heavy atom. The number of hydrogen-bond acceptors (Lipinski definition) is 4. The Balaban J connectivity index is 2.03. The Bertz CT molecular complexity index is 373. The Labute approximate surface area is 94.6 Å². The number of amides is 1. The zero-order valence-corrected chi connectivity index (χ0v) is 9.51. The summed E-state index contributed by atoms with van der Waals surface area (Å²) in [6.45, 7) is 4.35. The van der Waals surface area contributed by atoms with Crippen molar-refractivity contribution in [1.29, 1.82) is 0 Å². The SMILES string of the molecule is CCCCNC(=O)c1noc2c1CNCC2. The van der Waals surface area contributed by atoms with Gasteiger partial charge in [-0.05, 0) is 6.42 Å². The van der Waals surface area contributed by atoms with E-state index in [0.717, 1.165) is 37.1 Å². The molecule has 0 spiro atoms. The maximum atomic E-state index is 11.8. The number of nitrogens with zero attached hydrogens (tertiary/aromatic N) is 1. The Hall–Kier alpha value is -1.36. The molecule has 88 valence electrons. The van der Waals surface area contributed by atoms with Crippen LogP contribution in [0.4, 0.5) is 0 Å². The summed E-state index contributed by atoms with van der Waals surface area (Å²) in [6.07, 6.45) is 2.87. The lowest BCUT2D eigenvalue weighted by molar-refractivity contribution is 0.0943. The Morgan fingerprint density at radius 1 is 1.62 bits per heavy atom. The molecule has 1 aliphatic heterocycles. The zero-order valence-electron chi connectivity index (χ0n) is 9.51. The number of carbonyl (C=O) groups is 1. The molecule has 0 fully saturated rings. The second-order valence-electron chi connectivity index (χ2n) is 3.97. The normalized spacial score (nSPS) is 14.6. The molecule has 2 rings (SSSR count). The highest BCUT2D eigenvalue weighted by Gasteiger charge is 2.23. The molecule has 16 heavy (non-hydrogen) atoms. The van der Waals surface area contributed by atoms with E-state index in [4.69, 9.17) is 4.52 Å². The molecular formula is C11H17N3O2. The molecule has 1 amide bonds. The van der Waals surface area contributed by atoms with Gasteiger partial charge in [-0.2, -0.15) is 0 Å². The molecule has 0 aromatic carbocycles. The maximum Gasteiger partial charge on any atom is 0.273 e. The van der Waals surface area contributed by atoms with Gasteiger partial charge in [0.25, 0.3) is 5.91 Å². The minimum atomic E-state index is -0.123. The molecule has 0 saturated carbocycles. The zero-order chi connectivity index (χ0) is 11.4. The van der Waals surface area contributed by atoms with E-state index in [0.29, 0.717) is 18.8 Å². The number of nitrogens with one attached hydrogen (secondary N) is 2. The first-order chi connectivity index (χ1) is 7.83. The predicted molar refractivity (Wildman–Crippen MR) is 59.2 cm³/mol. The molecule has 2 heterocycles. The van der Waals surface area contributed by atoms with E-state index in [9.17, 15) is 4.79 Å². The number of carbonyl (C=O) groups excluding carboxylic acids is 1. The first kappa shape index (κ1) is 11.1. The molecule has 0 unspecified atom stereocenters. The number of unbranched alkanes of at least 4 members (excludes halogenated alkanes) is 1. The van der Waals surface area contributed by atoms with E-state index < -0.39 is 0 Å². The molecular weight excluding hydrogens is 206 g/mol. The molecule has 1 aliphatic rings. The highest BCUT2D eigenvalue weighted by Crippen LogP contribution is 2.17. The second-order valence-corrected chi connectivity index (χ2v) is 3.97. The summed E-state index contributed by atoms with van der Waals surface area (Å²) in [5, 5.41) is 9.91. The van der Waals surface area contributed by atoms with Crippen molar-refractivity contribution in [1.82, 2.24) is 15.8 Å². The van der Waals surface area contributed by atoms with Crippen LogP contribution < -0.4 is 10.6 Å². The van der Waals surface area contributed by atoms with Crippen molar-refractivity contribution in [2.45, 2.75) is 32.7 Å². The summed E-state index contributed by atoms with van der Waals surface area (Å²) in [6, 6.07) is 0. The number of rotatable bonds is 4. The van der Waals surface area contributed by atoms with Crippen LogP contribution in [0.5, 0.6) is 0 Å². The quantitative estimate of drug-likeness (QED) is 0.743. The van der Waals surface area contributed by atoms with Gasteiger partial charge in [0, 0.05) is 31.6 Å². The van der Waals surface area contributed by atoms with Gasteiger partial charge >= 0.3 is 0 Å². The van der Waals surface area contributed by atoms with Crippen LogP contribution in [0.3, 0.4) is 0 Å². The third-order valence-electron chi connectivity index (χ3n) is 2.73. The van der Waals surface area contributed by atoms with E-state index in [1.165, 1.54) is 0 Å². The second kappa shape index (κ2) is 5.12. The first-order valence-electron chi connectivity index (χ1n) is 5.79. The summed E-state index contributed by atoms with van der Waals surface area (Å²) in [5.41, 5.74) is 1.36. The fraction of sp³-hybridized carbons (Fsp3) is 0.636. The summed E-state index contributed by atoms with van der Waals surface area (Å²) in [5.74, 6) is 0.724. The van der Waals surface area contributed by atoms with Crippen molar-refractivity contribution in [2.75, 3.05) is 13.1 Å². The van der Waals surface area contributed by atoms with Gasteiger partial charge in [-0.1, -0.05) is 18.5 Å². The van der Waals surface area contributed by atoms with Crippen LogP contribution >= 0.6 is 0 Å². The van der Waals surface area contributed by atoms with Crippen LogP contribution in [0.25, 0.3) is 0 Å². The van der Waals surface area contributed by atoms with Gasteiger partial charge in [0.2, 0.25) is 0 Å². The highest BCUT2D eigenvalue weighted by atomic mass is 16.5. The minimum absolute atomic E-state index is 0.123. The fourth-order valence-electron chi connectivity index (χ4n) is 1.78. The van der Waals surface area contributed by atoms with E-state index >= 15 is 0 Å². The number of hydrogen-bond donors (Lipinski definition) is 2. The molecule has 1 aromatic rings. The monoisotopic (exact) mass is 223 g/mol. The Kier molecular flexibility index (Phi) is 3.56. The summed E-state index contributed by atoms with van der Waals surface area (Å²) < 4.78 is 5.16. The van der Waals surface area contributed by atoms with E-state index in [1.807, 2.05) is 0 Å². The van der Waals surface area contributed by atoms with Gasteiger partial charge in [0.15, 0.2) is 5.69 Å². The van der Waals surface area contributed by atoms with Crippen LogP contribution in [-0.2, 0) is 13.0 Å². The highest BCUT2D eigenvalue weighted by molar-refractivity contribution is 5.93. The molecule has 0 saturated heterocycles. The molecule has 5 nitrogen and oxygen atoms in total. The van der Waals surface area contributed by atoms with Gasteiger partial charge in [0.1, 0.15) is 5.76 Å². The lowest BCUT2D eigenvalue weighted by atomic mass is 10.1. The molecule has 1 aromatic heterocycles. The van der Waals surface area contributed by atoms with Crippen molar-refractivity contribution < 1.29 is 9.32 Å². The van der Waals surface area contributed by atoms with E-state index in [2.05, 4.69) is 22.7 Å². The molecule has 0 radical (unpaired) electrons. The molecule has 5 heteroatoms. The number of aromatic nitrogens is 1. The van der Waals surface area contributed by atoms with E-state index in [-0.39, 0.29) is 5.91 Å². The molecule has 2 N–H and O–H groups in total. The van der Waals surface area contributed by atoms with Crippen molar-refractivity contribution in [3.8, 4) is 0 Å². The largest absolute Gasteiger partial charge is 0.360 e. The van der Waals surface area contributed by atoms with Crippen LogP contribution in [-0.4, -0.2) is 24.2 Å². The smallest absolute Gasteiger partial charge is 0.273 e. The molecule has 0 aliphatic carbocycles. The molecule has 0 bridgehead atoms. The summed E-state index contributed by atoms with van der Waals surface area (Å²) in [4.78, 5) is 11.8. The van der Waals surface area contributed by atoms with Crippen LogP contribution in [0.1, 0.15) is 41.6 Å². The van der Waals surface area contributed by atoms with Crippen molar-refractivity contribution in [3.63, 3.8) is 0 Å². The predicted octanol–water partition coefficient (Wildman–Crippen LogP) is 0.850. The van der Waals surface area contributed by atoms with Gasteiger partial charge < -0.3 is 15.2 Å². The number of fused-ring (bicyclic) bond motifs is 1. The van der Waals surface area contributed by atoms with Gasteiger partial charge in [-0.25, -0.2) is 0 Å². The minimum Gasteiger partial charge on any atom is -0.360 e. The van der Waals surface area contributed by atoms with Crippen LogP contribution in [0.15, 0.2) is 4.52 Å². The van der Waals surface area contributed by atoms with Crippen LogP contribution in [0, 0.1) is 0 Å². The van der Waals surface area contributed by atoms with Crippen molar-refractivity contribution in [2.24, 2.45) is 0 Å². The van der Waals surface area contributed by atoms with Crippen LogP contribution in [0.2, 0.25) is 0 Å². The third-order valence-corrected chi connectivity index (χ3v) is 2.73. The first-order valence-corrected chi connectivity index (χ1v) is 5.79. The van der Waals surface area contributed by atoms with Crippen molar-refractivity contribution >= 4 is 5.91 Å². The summed E-state index contributed by atoms with van der Waals surface area (Å²) in [7, 11) is 0. The van der Waals surface area contributed by atoms with E-state index in [1.54, 1.807) is 0 Å². The molecule has 0 atom stereocenters. The lowest BCUT2D eigenvalue weighted by Crippen LogP contribution is -2.28. The maximum absolute atomic E-state index is 11.8. The van der Waals surface area contributed by atoms with Gasteiger partial charge in [0.05, 0.1) is 0 Å². The van der Waals surface area contributed by atoms with Gasteiger partial charge in [-0.3, -0.25) is 4.79 Å². The summed E-state index contributed by atoms with van der Waals surface area (Å²) >= 11 is 0. The third kappa shape index (κ3) is 2.24. The Morgan fingerprint density at radius 3 is 3.31 bits per heavy atom.